The summed E-state index contributed by atoms with van der Waals surface area (Å²) in [6.45, 7) is 2.07. The minimum atomic E-state index is -0.215. The van der Waals surface area contributed by atoms with E-state index in [-0.39, 0.29) is 11.6 Å². The van der Waals surface area contributed by atoms with E-state index in [0.717, 1.165) is 17.1 Å². The molecule has 2 rings (SSSR count). The Morgan fingerprint density at radius 1 is 1.14 bits per heavy atom. The van der Waals surface area contributed by atoms with Crippen molar-refractivity contribution in [1.82, 2.24) is 0 Å². The number of benzene rings is 2. The summed E-state index contributed by atoms with van der Waals surface area (Å²) in [5.74, 6) is 2.05. The van der Waals surface area contributed by atoms with Gasteiger partial charge in [-0.05, 0) is 36.8 Å². The van der Waals surface area contributed by atoms with Crippen LogP contribution in [0.1, 0.15) is 22.8 Å². The van der Waals surface area contributed by atoms with Gasteiger partial charge in [-0.25, -0.2) is 4.39 Å². The molecule has 0 aliphatic heterocycles. The molecule has 2 nitrogen and oxygen atoms in total. The van der Waals surface area contributed by atoms with E-state index in [1.807, 2.05) is 12.1 Å². The zero-order valence-corrected chi connectivity index (χ0v) is 12.7. The van der Waals surface area contributed by atoms with Crippen molar-refractivity contribution in [3.8, 4) is 5.75 Å². The summed E-state index contributed by atoms with van der Waals surface area (Å²) in [6, 6.07) is 13.8. The first-order valence-electron chi connectivity index (χ1n) is 6.72. The maximum Gasteiger partial charge on any atom is 0.163 e. The largest absolute Gasteiger partial charge is 0.492 e. The van der Waals surface area contributed by atoms with Crippen LogP contribution in [0.2, 0.25) is 0 Å². The quantitative estimate of drug-likeness (QED) is 0.562. The number of hydrogen-bond donors (Lipinski definition) is 0. The second kappa shape index (κ2) is 7.84. The van der Waals surface area contributed by atoms with E-state index in [1.54, 1.807) is 36.0 Å². The third-order valence-electron chi connectivity index (χ3n) is 2.93. The molecule has 0 aliphatic rings. The topological polar surface area (TPSA) is 26.3 Å². The van der Waals surface area contributed by atoms with Crippen molar-refractivity contribution in [2.24, 2.45) is 0 Å². The smallest absolute Gasteiger partial charge is 0.163 e. The molecule has 0 atom stereocenters. The standard InChI is InChI=1S/C17H17FO2S/c1-13(19)16-4-2-3-5-17(16)20-10-11-21-12-14-6-8-15(18)9-7-14/h2-9H,10-12H2,1H3. The van der Waals surface area contributed by atoms with Crippen LogP contribution in [0.4, 0.5) is 4.39 Å². The number of hydrogen-bond acceptors (Lipinski definition) is 3. The van der Waals surface area contributed by atoms with Gasteiger partial charge in [-0.2, -0.15) is 11.8 Å². The molecule has 0 saturated carbocycles. The fourth-order valence-corrected chi connectivity index (χ4v) is 2.64. The van der Waals surface area contributed by atoms with E-state index in [4.69, 9.17) is 4.74 Å². The highest BCUT2D eigenvalue weighted by Crippen LogP contribution is 2.19. The van der Waals surface area contributed by atoms with Crippen LogP contribution in [-0.4, -0.2) is 18.1 Å². The number of ether oxygens (including phenoxy) is 1. The number of Topliss-reactive ketones (excluding diaryl/α,β-unsaturated/α-hetero) is 1. The SMILES string of the molecule is CC(=O)c1ccccc1OCCSCc1ccc(F)cc1. The summed E-state index contributed by atoms with van der Waals surface area (Å²) in [5, 5.41) is 0. The summed E-state index contributed by atoms with van der Waals surface area (Å²) in [6.07, 6.45) is 0. The van der Waals surface area contributed by atoms with Crippen LogP contribution < -0.4 is 4.74 Å². The van der Waals surface area contributed by atoms with Gasteiger partial charge in [-0.15, -0.1) is 0 Å². The van der Waals surface area contributed by atoms with Crippen molar-refractivity contribution < 1.29 is 13.9 Å². The number of carbonyl (C=O) groups excluding carboxylic acids is 1. The van der Waals surface area contributed by atoms with Gasteiger partial charge in [-0.1, -0.05) is 24.3 Å². The Hall–Kier alpha value is -1.81. The Morgan fingerprint density at radius 2 is 1.86 bits per heavy atom. The van der Waals surface area contributed by atoms with Gasteiger partial charge < -0.3 is 4.74 Å². The predicted octanol–water partition coefficient (Wildman–Crippen LogP) is 4.34. The number of halogens is 1. The van der Waals surface area contributed by atoms with E-state index in [0.29, 0.717) is 17.9 Å². The summed E-state index contributed by atoms with van der Waals surface area (Å²) in [7, 11) is 0. The Labute approximate surface area is 128 Å². The lowest BCUT2D eigenvalue weighted by atomic mass is 10.1. The highest BCUT2D eigenvalue weighted by molar-refractivity contribution is 7.98. The number of para-hydroxylation sites is 1. The van der Waals surface area contributed by atoms with Gasteiger partial charge in [0.1, 0.15) is 11.6 Å². The van der Waals surface area contributed by atoms with Gasteiger partial charge in [0, 0.05) is 11.5 Å². The Kier molecular flexibility index (Phi) is 5.81. The summed E-state index contributed by atoms with van der Waals surface area (Å²) in [4.78, 5) is 11.5. The van der Waals surface area contributed by atoms with Crippen molar-refractivity contribution in [3.63, 3.8) is 0 Å². The van der Waals surface area contributed by atoms with Gasteiger partial charge in [0.15, 0.2) is 5.78 Å². The molecule has 21 heavy (non-hydrogen) atoms. The maximum absolute atomic E-state index is 12.8. The molecule has 0 aliphatic carbocycles. The maximum atomic E-state index is 12.8. The van der Waals surface area contributed by atoms with Crippen LogP contribution in [0.15, 0.2) is 48.5 Å². The van der Waals surface area contributed by atoms with Gasteiger partial charge in [-0.3, -0.25) is 4.79 Å². The van der Waals surface area contributed by atoms with Crippen LogP contribution >= 0.6 is 11.8 Å². The van der Waals surface area contributed by atoms with Crippen LogP contribution in [0, 0.1) is 5.82 Å². The van der Waals surface area contributed by atoms with Gasteiger partial charge in [0.05, 0.1) is 12.2 Å². The lowest BCUT2D eigenvalue weighted by molar-refractivity contribution is 0.101. The first-order chi connectivity index (χ1) is 10.2. The highest BCUT2D eigenvalue weighted by Gasteiger charge is 2.06. The van der Waals surface area contributed by atoms with E-state index >= 15 is 0 Å². The Balaban J connectivity index is 1.75. The van der Waals surface area contributed by atoms with E-state index < -0.39 is 0 Å². The average Bonchev–Trinajstić information content (AvgIpc) is 2.49. The molecule has 0 spiro atoms. The molecule has 0 aromatic heterocycles. The molecule has 0 bridgehead atoms. The molecule has 0 radical (unpaired) electrons. The molecule has 110 valence electrons. The van der Waals surface area contributed by atoms with Crippen LogP contribution in [0.5, 0.6) is 5.75 Å². The summed E-state index contributed by atoms with van der Waals surface area (Å²) in [5.41, 5.74) is 1.70. The number of rotatable bonds is 7. The van der Waals surface area contributed by atoms with E-state index in [9.17, 15) is 9.18 Å². The van der Waals surface area contributed by atoms with Crippen molar-refractivity contribution in [3.05, 3.63) is 65.5 Å². The Bertz CT molecular complexity index is 596. The van der Waals surface area contributed by atoms with Crippen molar-refractivity contribution >= 4 is 17.5 Å². The monoisotopic (exact) mass is 304 g/mol. The minimum absolute atomic E-state index is 0.00423. The number of ketones is 1. The van der Waals surface area contributed by atoms with E-state index in [2.05, 4.69) is 0 Å². The van der Waals surface area contributed by atoms with E-state index in [1.165, 1.54) is 19.1 Å². The van der Waals surface area contributed by atoms with Gasteiger partial charge in [0.2, 0.25) is 0 Å². The zero-order chi connectivity index (χ0) is 15.1. The molecule has 0 saturated heterocycles. The first-order valence-corrected chi connectivity index (χ1v) is 7.87. The molecule has 0 fully saturated rings. The molecule has 2 aromatic carbocycles. The molecule has 0 amide bonds. The lowest BCUT2D eigenvalue weighted by Crippen LogP contribution is -2.04. The second-order valence-corrected chi connectivity index (χ2v) is 5.69. The average molecular weight is 304 g/mol. The van der Waals surface area contributed by atoms with Crippen LogP contribution in [0.25, 0.3) is 0 Å². The summed E-state index contributed by atoms with van der Waals surface area (Å²) >= 11 is 1.71. The van der Waals surface area contributed by atoms with Crippen LogP contribution in [0.3, 0.4) is 0 Å². The first kappa shape index (κ1) is 15.6. The number of thioether (sulfide) groups is 1. The second-order valence-electron chi connectivity index (χ2n) is 4.58. The number of carbonyl (C=O) groups is 1. The van der Waals surface area contributed by atoms with Crippen molar-refractivity contribution in [1.29, 1.82) is 0 Å². The third kappa shape index (κ3) is 4.90. The molecule has 2 aromatic rings. The normalized spacial score (nSPS) is 10.4. The van der Waals surface area contributed by atoms with Crippen molar-refractivity contribution in [2.45, 2.75) is 12.7 Å². The summed E-state index contributed by atoms with van der Waals surface area (Å²) < 4.78 is 18.4. The fraction of sp³-hybridized carbons (Fsp3) is 0.235. The Morgan fingerprint density at radius 3 is 2.57 bits per heavy atom. The molecule has 0 heterocycles. The highest BCUT2D eigenvalue weighted by atomic mass is 32.2. The minimum Gasteiger partial charge on any atom is -0.492 e. The fourth-order valence-electron chi connectivity index (χ4n) is 1.86. The van der Waals surface area contributed by atoms with Crippen molar-refractivity contribution in [2.75, 3.05) is 12.4 Å². The molecular weight excluding hydrogens is 287 g/mol. The van der Waals surface area contributed by atoms with Gasteiger partial charge in [0.25, 0.3) is 0 Å². The molecule has 0 unspecified atom stereocenters. The predicted molar refractivity (Wildman–Crippen MR) is 84.5 cm³/mol. The molecule has 4 heteroatoms. The molecular formula is C17H17FO2S. The lowest BCUT2D eigenvalue weighted by Gasteiger charge is -2.09. The van der Waals surface area contributed by atoms with Gasteiger partial charge >= 0.3 is 0 Å². The zero-order valence-electron chi connectivity index (χ0n) is 11.8. The van der Waals surface area contributed by atoms with Crippen LogP contribution in [-0.2, 0) is 5.75 Å². The third-order valence-corrected chi connectivity index (χ3v) is 3.93. The molecule has 0 N–H and O–H groups in total.